The average molecular weight is 540 g/mol. The zero-order valence-electron chi connectivity index (χ0n) is 22.7. The molecule has 0 bridgehead atoms. The summed E-state index contributed by atoms with van der Waals surface area (Å²) < 4.78 is 0. The summed E-state index contributed by atoms with van der Waals surface area (Å²) in [5.41, 5.74) is 12.2. The number of pyridine rings is 5. The summed E-state index contributed by atoms with van der Waals surface area (Å²) in [6, 6.07) is 37.3. The summed E-state index contributed by atoms with van der Waals surface area (Å²) in [5.74, 6) is 0. The predicted octanol–water partition coefficient (Wildman–Crippen LogP) is 8.66. The second-order valence-corrected chi connectivity index (χ2v) is 9.93. The van der Waals surface area contributed by atoms with Crippen LogP contribution in [-0.2, 0) is 0 Å². The summed E-state index contributed by atoms with van der Waals surface area (Å²) in [5, 5.41) is 0. The lowest BCUT2D eigenvalue weighted by molar-refractivity contribution is 1.29. The Labute approximate surface area is 244 Å². The first kappa shape index (κ1) is 25.2. The highest BCUT2D eigenvalue weighted by atomic mass is 14.7. The van der Waals surface area contributed by atoms with E-state index in [-0.39, 0.29) is 0 Å². The molecule has 7 rings (SSSR count). The third kappa shape index (κ3) is 5.31. The molecule has 0 amide bonds. The molecule has 5 heteroatoms. The summed E-state index contributed by atoms with van der Waals surface area (Å²) in [7, 11) is 0. The van der Waals surface area contributed by atoms with Crippen molar-refractivity contribution in [3.8, 4) is 67.2 Å². The quantitative estimate of drug-likeness (QED) is 0.212. The lowest BCUT2D eigenvalue weighted by Crippen LogP contribution is -1.92. The number of benzene rings is 2. The van der Waals surface area contributed by atoms with E-state index in [0.717, 1.165) is 67.2 Å². The number of hydrogen-bond donors (Lipinski definition) is 0. The Morgan fingerprint density at radius 1 is 0.262 bits per heavy atom. The van der Waals surface area contributed by atoms with Gasteiger partial charge in [-0.3, -0.25) is 24.9 Å². The Balaban J connectivity index is 1.38. The van der Waals surface area contributed by atoms with Gasteiger partial charge in [0.1, 0.15) is 0 Å². The van der Waals surface area contributed by atoms with E-state index >= 15 is 0 Å². The van der Waals surface area contributed by atoms with Gasteiger partial charge in [-0.2, -0.15) is 0 Å². The van der Waals surface area contributed by atoms with E-state index in [1.165, 1.54) is 0 Å². The van der Waals surface area contributed by atoms with Crippen LogP contribution in [-0.4, -0.2) is 24.9 Å². The maximum absolute atomic E-state index is 4.78. The minimum absolute atomic E-state index is 0.872. The molecule has 0 spiro atoms. The van der Waals surface area contributed by atoms with E-state index in [9.17, 15) is 0 Å². The molecule has 0 aliphatic rings. The summed E-state index contributed by atoms with van der Waals surface area (Å²) in [6.45, 7) is 0. The molecule has 5 aromatic heterocycles. The van der Waals surface area contributed by atoms with Crippen molar-refractivity contribution in [2.45, 2.75) is 0 Å². The number of aromatic nitrogens is 5. The Morgan fingerprint density at radius 2 is 0.595 bits per heavy atom. The number of rotatable bonds is 6. The average Bonchev–Trinajstić information content (AvgIpc) is 3.09. The van der Waals surface area contributed by atoms with Gasteiger partial charge in [0.15, 0.2) is 0 Å². The van der Waals surface area contributed by atoms with Crippen molar-refractivity contribution in [2.75, 3.05) is 0 Å². The maximum atomic E-state index is 4.78. The predicted molar refractivity (Wildman–Crippen MR) is 168 cm³/mol. The Hall–Kier alpha value is -5.81. The second-order valence-electron chi connectivity index (χ2n) is 9.93. The van der Waals surface area contributed by atoms with Gasteiger partial charge in [-0.15, -0.1) is 0 Å². The van der Waals surface area contributed by atoms with Crippen LogP contribution < -0.4 is 0 Å². The SMILES string of the molecule is c1ccc(-c2ccnc(-c3cc(-c4cc(-c5ccncc5)ccn4)cc(-c4cc(-c5ccncc5)ccn4)c3)c2)cc1. The fourth-order valence-electron chi connectivity index (χ4n) is 5.09. The molecule has 198 valence electrons. The molecule has 42 heavy (non-hydrogen) atoms. The molecule has 5 heterocycles. The van der Waals surface area contributed by atoms with Gasteiger partial charge >= 0.3 is 0 Å². The normalized spacial score (nSPS) is 10.9. The third-order valence-electron chi connectivity index (χ3n) is 7.23. The fraction of sp³-hybridized carbons (Fsp3) is 0. The molecule has 0 fully saturated rings. The van der Waals surface area contributed by atoms with Crippen LogP contribution in [0.3, 0.4) is 0 Å². The smallest absolute Gasteiger partial charge is 0.0708 e. The second kappa shape index (κ2) is 11.4. The number of hydrogen-bond acceptors (Lipinski definition) is 5. The van der Waals surface area contributed by atoms with Crippen molar-refractivity contribution < 1.29 is 0 Å². The van der Waals surface area contributed by atoms with Crippen molar-refractivity contribution in [2.24, 2.45) is 0 Å². The largest absolute Gasteiger partial charge is 0.265 e. The third-order valence-corrected chi connectivity index (χ3v) is 7.23. The minimum Gasteiger partial charge on any atom is -0.265 e. The van der Waals surface area contributed by atoms with Gasteiger partial charge in [-0.05, 0) is 112 Å². The lowest BCUT2D eigenvalue weighted by atomic mass is 9.96. The van der Waals surface area contributed by atoms with E-state index < -0.39 is 0 Å². The Kier molecular flexibility index (Phi) is 6.81. The van der Waals surface area contributed by atoms with Crippen molar-refractivity contribution >= 4 is 0 Å². The van der Waals surface area contributed by atoms with Crippen LogP contribution in [0.15, 0.2) is 153 Å². The Morgan fingerprint density at radius 3 is 0.976 bits per heavy atom. The van der Waals surface area contributed by atoms with Gasteiger partial charge in [0.2, 0.25) is 0 Å². The van der Waals surface area contributed by atoms with Crippen LogP contribution in [0.5, 0.6) is 0 Å². The molecular weight excluding hydrogens is 514 g/mol. The van der Waals surface area contributed by atoms with Crippen LogP contribution in [0.4, 0.5) is 0 Å². The first-order valence-corrected chi connectivity index (χ1v) is 13.7. The van der Waals surface area contributed by atoms with Crippen LogP contribution >= 0.6 is 0 Å². The van der Waals surface area contributed by atoms with E-state index in [1.54, 1.807) is 24.8 Å². The fourth-order valence-corrected chi connectivity index (χ4v) is 5.09. The standard InChI is InChI=1S/C37H25N5/c1-2-4-26(5-3-1)29-10-17-40-35(23-29)32-20-33(36-24-30(11-18-41-36)27-6-13-38-14-7-27)22-34(21-32)37-25-31(12-19-42-37)28-8-15-39-16-9-28/h1-25H. The lowest BCUT2D eigenvalue weighted by Gasteiger charge is -2.12. The molecule has 0 atom stereocenters. The molecule has 0 saturated carbocycles. The highest BCUT2D eigenvalue weighted by Gasteiger charge is 2.12. The minimum atomic E-state index is 0.872. The van der Waals surface area contributed by atoms with E-state index in [0.29, 0.717) is 0 Å². The highest BCUT2D eigenvalue weighted by molar-refractivity contribution is 5.82. The van der Waals surface area contributed by atoms with Crippen molar-refractivity contribution in [1.29, 1.82) is 0 Å². The molecule has 0 radical (unpaired) electrons. The summed E-state index contributed by atoms with van der Waals surface area (Å²) >= 11 is 0. The van der Waals surface area contributed by atoms with Crippen molar-refractivity contribution in [3.05, 3.63) is 153 Å². The van der Waals surface area contributed by atoms with Gasteiger partial charge in [0.25, 0.3) is 0 Å². The van der Waals surface area contributed by atoms with E-state index in [2.05, 4.69) is 70.6 Å². The Bertz CT molecular complexity index is 1730. The molecular formula is C37H25N5. The zero-order chi connectivity index (χ0) is 28.1. The summed E-state index contributed by atoms with van der Waals surface area (Å²) in [6.07, 6.45) is 12.8. The summed E-state index contributed by atoms with van der Waals surface area (Å²) in [4.78, 5) is 22.7. The zero-order valence-corrected chi connectivity index (χ0v) is 22.7. The number of nitrogens with zero attached hydrogens (tertiary/aromatic N) is 5. The molecule has 0 aliphatic carbocycles. The van der Waals surface area contributed by atoms with Gasteiger partial charge in [0.05, 0.1) is 17.1 Å². The van der Waals surface area contributed by atoms with Crippen LogP contribution in [0.2, 0.25) is 0 Å². The van der Waals surface area contributed by atoms with E-state index in [1.807, 2.05) is 67.1 Å². The molecule has 7 aromatic rings. The van der Waals surface area contributed by atoms with Crippen molar-refractivity contribution in [3.63, 3.8) is 0 Å². The van der Waals surface area contributed by atoms with Crippen LogP contribution in [0, 0.1) is 0 Å². The molecule has 0 unspecified atom stereocenters. The highest BCUT2D eigenvalue weighted by Crippen LogP contribution is 2.34. The van der Waals surface area contributed by atoms with Gasteiger partial charge in [-0.1, -0.05) is 30.3 Å². The first-order chi connectivity index (χ1) is 20.8. The van der Waals surface area contributed by atoms with Gasteiger partial charge < -0.3 is 0 Å². The van der Waals surface area contributed by atoms with E-state index in [4.69, 9.17) is 15.0 Å². The topological polar surface area (TPSA) is 64.5 Å². The van der Waals surface area contributed by atoms with Crippen LogP contribution in [0.1, 0.15) is 0 Å². The van der Waals surface area contributed by atoms with Crippen LogP contribution in [0.25, 0.3) is 67.2 Å². The molecule has 0 N–H and O–H groups in total. The molecule has 0 aliphatic heterocycles. The monoisotopic (exact) mass is 539 g/mol. The molecule has 0 saturated heterocycles. The van der Waals surface area contributed by atoms with Gasteiger partial charge in [0, 0.05) is 60.1 Å². The first-order valence-electron chi connectivity index (χ1n) is 13.7. The molecule has 2 aromatic carbocycles. The maximum Gasteiger partial charge on any atom is 0.0708 e. The van der Waals surface area contributed by atoms with Crippen molar-refractivity contribution in [1.82, 2.24) is 24.9 Å². The molecule has 5 nitrogen and oxygen atoms in total. The van der Waals surface area contributed by atoms with Gasteiger partial charge in [-0.25, -0.2) is 0 Å².